The topological polar surface area (TPSA) is 119 Å². The first-order chi connectivity index (χ1) is 16.3. The van der Waals surface area contributed by atoms with Gasteiger partial charge in [0.05, 0.1) is 17.1 Å². The molecule has 3 aromatic heterocycles. The molecule has 1 aliphatic rings. The van der Waals surface area contributed by atoms with Crippen molar-refractivity contribution >= 4 is 26.7 Å². The van der Waals surface area contributed by atoms with Gasteiger partial charge in [-0.15, -0.1) is 0 Å². The van der Waals surface area contributed by atoms with Gasteiger partial charge in [-0.25, -0.2) is 23.1 Å². The zero-order chi connectivity index (χ0) is 23.9. The molecule has 10 nitrogen and oxygen atoms in total. The second-order valence-corrected chi connectivity index (χ2v) is 10.9. The number of hydrogen-bond donors (Lipinski definition) is 1. The van der Waals surface area contributed by atoms with Crippen molar-refractivity contribution in [3.05, 3.63) is 48.5 Å². The molecule has 0 radical (unpaired) electrons. The molecule has 0 aliphatic carbocycles. The van der Waals surface area contributed by atoms with Crippen LogP contribution >= 0.6 is 0 Å². The van der Waals surface area contributed by atoms with Gasteiger partial charge in [0.1, 0.15) is 17.5 Å². The third-order valence-corrected chi connectivity index (χ3v) is 7.29. The fourth-order valence-corrected chi connectivity index (χ4v) is 4.81. The minimum absolute atomic E-state index is 0.217. The summed E-state index contributed by atoms with van der Waals surface area (Å²) < 4.78 is 31.3. The standard InChI is InChI=1S/C23H27N7O3S/c1-15(2)20-12-21(28-27-20)29-10-8-16(9-11-29)30-22-19(13-26-30)23(25-14-24-22)33-17-4-6-18(7-5-17)34(3,31)32/h4-7,12-16H,8-11H2,1-3H3,(H,27,28). The fourth-order valence-electron chi connectivity index (χ4n) is 4.18. The molecule has 11 heteroatoms. The van der Waals surface area contributed by atoms with Crippen LogP contribution in [0.1, 0.15) is 44.3 Å². The van der Waals surface area contributed by atoms with Crippen LogP contribution in [0.25, 0.3) is 11.0 Å². The smallest absolute Gasteiger partial charge is 0.233 e. The van der Waals surface area contributed by atoms with Gasteiger partial charge in [-0.3, -0.25) is 5.10 Å². The number of sulfone groups is 1. The number of H-pyrrole nitrogens is 1. The second kappa shape index (κ2) is 8.71. The van der Waals surface area contributed by atoms with E-state index in [2.05, 4.69) is 50.1 Å². The quantitative estimate of drug-likeness (QED) is 0.443. The summed E-state index contributed by atoms with van der Waals surface area (Å²) in [5.74, 6) is 2.29. The van der Waals surface area contributed by atoms with Crippen LogP contribution in [-0.4, -0.2) is 57.7 Å². The number of fused-ring (bicyclic) bond motifs is 1. The first-order valence-electron chi connectivity index (χ1n) is 11.3. The van der Waals surface area contributed by atoms with E-state index in [1.807, 2.05) is 4.68 Å². The molecule has 5 rings (SSSR count). The van der Waals surface area contributed by atoms with E-state index in [9.17, 15) is 8.42 Å². The number of nitrogens with one attached hydrogen (secondary N) is 1. The highest BCUT2D eigenvalue weighted by atomic mass is 32.2. The number of aromatic amines is 1. The molecule has 0 spiro atoms. The van der Waals surface area contributed by atoms with Gasteiger partial charge in [0.2, 0.25) is 5.88 Å². The number of benzene rings is 1. The number of aromatic nitrogens is 6. The molecule has 1 aromatic carbocycles. The summed E-state index contributed by atoms with van der Waals surface area (Å²) in [5.41, 5.74) is 1.86. The predicted molar refractivity (Wildman–Crippen MR) is 128 cm³/mol. The average molecular weight is 482 g/mol. The lowest BCUT2D eigenvalue weighted by Gasteiger charge is -2.32. The lowest BCUT2D eigenvalue weighted by atomic mass is 10.0. The maximum atomic E-state index is 11.7. The van der Waals surface area contributed by atoms with Crippen molar-refractivity contribution in [1.82, 2.24) is 29.9 Å². The fraction of sp³-hybridized carbons (Fsp3) is 0.391. The Balaban J connectivity index is 1.31. The highest BCUT2D eigenvalue weighted by Gasteiger charge is 2.25. The molecule has 1 saturated heterocycles. The Kier molecular flexibility index (Phi) is 5.72. The monoisotopic (exact) mass is 481 g/mol. The van der Waals surface area contributed by atoms with E-state index < -0.39 is 9.84 Å². The van der Waals surface area contributed by atoms with Gasteiger partial charge in [0, 0.05) is 31.1 Å². The lowest BCUT2D eigenvalue weighted by molar-refractivity contribution is 0.373. The largest absolute Gasteiger partial charge is 0.438 e. The van der Waals surface area contributed by atoms with Gasteiger partial charge in [-0.1, -0.05) is 13.8 Å². The predicted octanol–water partition coefficient (Wildman–Crippen LogP) is 3.71. The molecular weight excluding hydrogens is 454 g/mol. The molecular formula is C23H27N7O3S. The van der Waals surface area contributed by atoms with Crippen molar-refractivity contribution in [2.45, 2.75) is 43.5 Å². The molecule has 0 saturated carbocycles. The summed E-state index contributed by atoms with van der Waals surface area (Å²) in [5, 5.41) is 12.9. The van der Waals surface area contributed by atoms with Crippen molar-refractivity contribution in [2.75, 3.05) is 24.2 Å². The van der Waals surface area contributed by atoms with E-state index in [1.54, 1.807) is 18.3 Å². The second-order valence-electron chi connectivity index (χ2n) is 8.91. The summed E-state index contributed by atoms with van der Waals surface area (Å²) in [6.07, 6.45) is 6.21. The van der Waals surface area contributed by atoms with Gasteiger partial charge >= 0.3 is 0 Å². The molecule has 34 heavy (non-hydrogen) atoms. The molecule has 4 heterocycles. The van der Waals surface area contributed by atoms with Crippen LogP contribution in [0.3, 0.4) is 0 Å². The van der Waals surface area contributed by atoms with Gasteiger partial charge in [0.25, 0.3) is 0 Å². The minimum atomic E-state index is -3.26. The van der Waals surface area contributed by atoms with E-state index in [-0.39, 0.29) is 10.9 Å². The van der Waals surface area contributed by atoms with Gasteiger partial charge in [-0.2, -0.15) is 10.2 Å². The molecule has 0 unspecified atom stereocenters. The van der Waals surface area contributed by atoms with Gasteiger partial charge < -0.3 is 9.64 Å². The van der Waals surface area contributed by atoms with Crippen molar-refractivity contribution < 1.29 is 13.2 Å². The Labute approximate surface area is 197 Å². The zero-order valence-electron chi connectivity index (χ0n) is 19.3. The first kappa shape index (κ1) is 22.3. The van der Waals surface area contributed by atoms with Crippen molar-refractivity contribution in [3.8, 4) is 11.6 Å². The minimum Gasteiger partial charge on any atom is -0.438 e. The van der Waals surface area contributed by atoms with Crippen LogP contribution < -0.4 is 9.64 Å². The molecule has 0 atom stereocenters. The Hall–Kier alpha value is -3.47. The number of nitrogens with zero attached hydrogens (tertiary/aromatic N) is 6. The highest BCUT2D eigenvalue weighted by Crippen LogP contribution is 2.32. The maximum Gasteiger partial charge on any atom is 0.233 e. The van der Waals surface area contributed by atoms with E-state index >= 15 is 0 Å². The number of anilines is 1. The van der Waals surface area contributed by atoms with E-state index in [4.69, 9.17) is 4.74 Å². The van der Waals surface area contributed by atoms with E-state index in [0.29, 0.717) is 22.9 Å². The summed E-state index contributed by atoms with van der Waals surface area (Å²) in [7, 11) is -3.26. The number of ether oxygens (including phenoxy) is 1. The lowest BCUT2D eigenvalue weighted by Crippen LogP contribution is -2.35. The van der Waals surface area contributed by atoms with Crippen LogP contribution in [0.5, 0.6) is 11.6 Å². The van der Waals surface area contributed by atoms with Gasteiger partial charge in [-0.05, 0) is 43.0 Å². The Morgan fingerprint density at radius 3 is 2.50 bits per heavy atom. The van der Waals surface area contributed by atoms with Crippen LogP contribution in [-0.2, 0) is 9.84 Å². The number of piperidine rings is 1. The molecule has 0 amide bonds. The number of rotatable bonds is 6. The summed E-state index contributed by atoms with van der Waals surface area (Å²) in [6, 6.07) is 8.62. The molecule has 1 N–H and O–H groups in total. The normalized spacial score (nSPS) is 15.4. The first-order valence-corrected chi connectivity index (χ1v) is 13.1. The van der Waals surface area contributed by atoms with E-state index in [1.165, 1.54) is 24.7 Å². The molecule has 4 aromatic rings. The maximum absolute atomic E-state index is 11.7. The summed E-state index contributed by atoms with van der Waals surface area (Å²) in [4.78, 5) is 11.3. The van der Waals surface area contributed by atoms with Crippen LogP contribution in [0.4, 0.5) is 5.82 Å². The van der Waals surface area contributed by atoms with Crippen molar-refractivity contribution in [3.63, 3.8) is 0 Å². The van der Waals surface area contributed by atoms with Crippen LogP contribution in [0.15, 0.2) is 47.8 Å². The Bertz CT molecular complexity index is 1400. The third-order valence-electron chi connectivity index (χ3n) is 6.16. The highest BCUT2D eigenvalue weighted by molar-refractivity contribution is 7.90. The molecule has 0 bridgehead atoms. The van der Waals surface area contributed by atoms with Crippen LogP contribution in [0.2, 0.25) is 0 Å². The van der Waals surface area contributed by atoms with E-state index in [0.717, 1.165) is 43.1 Å². The summed E-state index contributed by atoms with van der Waals surface area (Å²) >= 11 is 0. The SMILES string of the molecule is CC(C)c1cc(N2CCC(n3ncc4c(Oc5ccc(S(C)(=O)=O)cc5)ncnc43)CC2)n[nH]1. The number of hydrogen-bond acceptors (Lipinski definition) is 8. The Morgan fingerprint density at radius 1 is 1.12 bits per heavy atom. The average Bonchev–Trinajstić information content (AvgIpc) is 3.48. The van der Waals surface area contributed by atoms with Crippen LogP contribution in [0, 0.1) is 0 Å². The van der Waals surface area contributed by atoms with Gasteiger partial charge in [0.15, 0.2) is 21.3 Å². The molecule has 1 fully saturated rings. The zero-order valence-corrected chi connectivity index (χ0v) is 20.2. The third kappa shape index (κ3) is 4.35. The van der Waals surface area contributed by atoms with Crippen molar-refractivity contribution in [2.24, 2.45) is 0 Å². The Morgan fingerprint density at radius 2 is 1.85 bits per heavy atom. The molecule has 1 aliphatic heterocycles. The van der Waals surface area contributed by atoms with Crippen molar-refractivity contribution in [1.29, 1.82) is 0 Å². The molecule has 178 valence electrons. The summed E-state index contributed by atoms with van der Waals surface area (Å²) in [6.45, 7) is 6.07.